The van der Waals surface area contributed by atoms with Crippen LogP contribution in [0.4, 0.5) is 13.2 Å². The minimum atomic E-state index is -4.10. The number of halogens is 3. The van der Waals surface area contributed by atoms with Crippen molar-refractivity contribution in [3.05, 3.63) is 0 Å². The van der Waals surface area contributed by atoms with Gasteiger partial charge >= 0.3 is 6.18 Å². The SMILES string of the molecule is CC(O)CCN1CCN(CC(F)(F)F)CC1. The predicted octanol–water partition coefficient (Wildman–Crippen LogP) is 0.937. The van der Waals surface area contributed by atoms with E-state index >= 15 is 0 Å². The fourth-order valence-electron chi connectivity index (χ4n) is 1.79. The molecule has 1 unspecified atom stereocenters. The number of nitrogens with zero attached hydrogens (tertiary/aromatic N) is 2. The molecular formula is C10H19F3N2O. The highest BCUT2D eigenvalue weighted by Crippen LogP contribution is 2.17. The van der Waals surface area contributed by atoms with Crippen LogP contribution in [0.1, 0.15) is 13.3 Å². The lowest BCUT2D eigenvalue weighted by atomic mass is 10.2. The van der Waals surface area contributed by atoms with Gasteiger partial charge in [-0.15, -0.1) is 0 Å². The fourth-order valence-corrected chi connectivity index (χ4v) is 1.79. The van der Waals surface area contributed by atoms with E-state index < -0.39 is 12.7 Å². The van der Waals surface area contributed by atoms with Gasteiger partial charge in [0.25, 0.3) is 0 Å². The molecule has 0 aromatic rings. The lowest BCUT2D eigenvalue weighted by Crippen LogP contribution is -2.49. The number of aliphatic hydroxyl groups excluding tert-OH is 1. The molecule has 0 aliphatic carbocycles. The van der Waals surface area contributed by atoms with Gasteiger partial charge in [-0.3, -0.25) is 4.90 Å². The molecule has 1 saturated heterocycles. The van der Waals surface area contributed by atoms with Crippen LogP contribution in [0.15, 0.2) is 0 Å². The normalized spacial score (nSPS) is 22.3. The average molecular weight is 240 g/mol. The van der Waals surface area contributed by atoms with E-state index in [2.05, 4.69) is 4.90 Å². The van der Waals surface area contributed by atoms with Crippen molar-refractivity contribution in [3.8, 4) is 0 Å². The van der Waals surface area contributed by atoms with Gasteiger partial charge in [-0.2, -0.15) is 13.2 Å². The number of aliphatic hydroxyl groups is 1. The molecule has 0 bridgehead atoms. The van der Waals surface area contributed by atoms with Crippen molar-refractivity contribution in [1.82, 2.24) is 9.80 Å². The molecule has 1 rings (SSSR count). The zero-order chi connectivity index (χ0) is 12.2. The van der Waals surface area contributed by atoms with Crippen molar-refractivity contribution in [2.24, 2.45) is 0 Å². The van der Waals surface area contributed by atoms with Crippen LogP contribution in [0, 0.1) is 0 Å². The number of alkyl halides is 3. The van der Waals surface area contributed by atoms with E-state index in [4.69, 9.17) is 5.11 Å². The van der Waals surface area contributed by atoms with Crippen LogP contribution < -0.4 is 0 Å². The Balaban J connectivity index is 2.18. The van der Waals surface area contributed by atoms with Gasteiger partial charge in [-0.05, 0) is 13.3 Å². The highest BCUT2D eigenvalue weighted by Gasteiger charge is 2.31. The highest BCUT2D eigenvalue weighted by molar-refractivity contribution is 4.74. The van der Waals surface area contributed by atoms with Gasteiger partial charge < -0.3 is 10.0 Å². The first-order valence-corrected chi connectivity index (χ1v) is 5.56. The fraction of sp³-hybridized carbons (Fsp3) is 1.00. The van der Waals surface area contributed by atoms with E-state index in [1.54, 1.807) is 6.92 Å². The molecule has 0 saturated carbocycles. The molecule has 0 aromatic carbocycles. The Labute approximate surface area is 93.8 Å². The van der Waals surface area contributed by atoms with Crippen molar-refractivity contribution in [2.45, 2.75) is 25.6 Å². The number of hydrogen-bond acceptors (Lipinski definition) is 3. The maximum atomic E-state index is 12.1. The summed E-state index contributed by atoms with van der Waals surface area (Å²) in [6.45, 7) is 3.90. The quantitative estimate of drug-likeness (QED) is 0.792. The van der Waals surface area contributed by atoms with Crippen LogP contribution in [0.5, 0.6) is 0 Å². The summed E-state index contributed by atoms with van der Waals surface area (Å²) in [5.74, 6) is 0. The van der Waals surface area contributed by atoms with Crippen LogP contribution >= 0.6 is 0 Å². The summed E-state index contributed by atoms with van der Waals surface area (Å²) in [4.78, 5) is 3.53. The molecule has 6 heteroatoms. The Morgan fingerprint density at radius 2 is 1.62 bits per heavy atom. The van der Waals surface area contributed by atoms with Gasteiger partial charge in [0.15, 0.2) is 0 Å². The van der Waals surface area contributed by atoms with Crippen LogP contribution in [-0.4, -0.2) is 66.5 Å². The Hall–Kier alpha value is -0.330. The summed E-state index contributed by atoms with van der Waals surface area (Å²) in [6, 6.07) is 0. The lowest BCUT2D eigenvalue weighted by molar-refractivity contribution is -0.149. The minimum absolute atomic E-state index is 0.340. The Bertz CT molecular complexity index is 201. The maximum Gasteiger partial charge on any atom is 0.401 e. The monoisotopic (exact) mass is 240 g/mol. The minimum Gasteiger partial charge on any atom is -0.393 e. The second kappa shape index (κ2) is 5.84. The number of rotatable bonds is 4. The summed E-state index contributed by atoms with van der Waals surface area (Å²) in [5, 5.41) is 9.10. The lowest BCUT2D eigenvalue weighted by Gasteiger charge is -2.35. The van der Waals surface area contributed by atoms with Gasteiger partial charge in [0.05, 0.1) is 12.6 Å². The zero-order valence-electron chi connectivity index (χ0n) is 9.50. The van der Waals surface area contributed by atoms with E-state index in [1.807, 2.05) is 0 Å². The van der Waals surface area contributed by atoms with Crippen LogP contribution in [0.3, 0.4) is 0 Å². The van der Waals surface area contributed by atoms with Gasteiger partial charge in [0.1, 0.15) is 0 Å². The van der Waals surface area contributed by atoms with Gasteiger partial charge in [-0.25, -0.2) is 0 Å². The van der Waals surface area contributed by atoms with E-state index in [0.717, 1.165) is 6.54 Å². The molecule has 16 heavy (non-hydrogen) atoms. The molecule has 0 aromatic heterocycles. The van der Waals surface area contributed by atoms with Crippen LogP contribution in [0.25, 0.3) is 0 Å². The first-order chi connectivity index (χ1) is 7.37. The highest BCUT2D eigenvalue weighted by atomic mass is 19.4. The molecule has 1 aliphatic heterocycles. The van der Waals surface area contributed by atoms with E-state index in [-0.39, 0.29) is 6.10 Å². The predicted molar refractivity (Wildman–Crippen MR) is 55.2 cm³/mol. The molecular weight excluding hydrogens is 221 g/mol. The van der Waals surface area contributed by atoms with Crippen molar-refractivity contribution in [3.63, 3.8) is 0 Å². The molecule has 1 fully saturated rings. The smallest absolute Gasteiger partial charge is 0.393 e. The Morgan fingerprint density at radius 3 is 2.06 bits per heavy atom. The number of hydrogen-bond donors (Lipinski definition) is 1. The molecule has 0 radical (unpaired) electrons. The summed E-state index contributed by atoms with van der Waals surface area (Å²) in [7, 11) is 0. The Kier molecular flexibility index (Phi) is 5.01. The van der Waals surface area contributed by atoms with Gasteiger partial charge in [0, 0.05) is 32.7 Å². The second-order valence-electron chi connectivity index (χ2n) is 4.37. The van der Waals surface area contributed by atoms with Crippen LogP contribution in [-0.2, 0) is 0 Å². The standard InChI is InChI=1S/C10H19F3N2O/c1-9(16)2-3-14-4-6-15(7-5-14)8-10(11,12)13/h9,16H,2-8H2,1H3. The third-order valence-electron chi connectivity index (χ3n) is 2.73. The van der Waals surface area contributed by atoms with E-state index in [0.29, 0.717) is 32.6 Å². The average Bonchev–Trinajstić information content (AvgIpc) is 2.14. The summed E-state index contributed by atoms with van der Waals surface area (Å²) in [5.41, 5.74) is 0. The zero-order valence-corrected chi connectivity index (χ0v) is 9.50. The third kappa shape index (κ3) is 5.67. The first-order valence-electron chi connectivity index (χ1n) is 5.56. The van der Waals surface area contributed by atoms with Crippen molar-refractivity contribution >= 4 is 0 Å². The molecule has 96 valence electrons. The first kappa shape index (κ1) is 13.7. The molecule has 3 nitrogen and oxygen atoms in total. The molecule has 0 amide bonds. The number of piperazine rings is 1. The summed E-state index contributed by atoms with van der Waals surface area (Å²) in [6.07, 6.45) is -3.76. The molecule has 1 atom stereocenters. The van der Waals surface area contributed by atoms with Crippen molar-refractivity contribution < 1.29 is 18.3 Å². The van der Waals surface area contributed by atoms with E-state index in [1.165, 1.54) is 4.90 Å². The Morgan fingerprint density at radius 1 is 1.12 bits per heavy atom. The molecule has 1 N–H and O–H groups in total. The van der Waals surface area contributed by atoms with Crippen molar-refractivity contribution in [1.29, 1.82) is 0 Å². The van der Waals surface area contributed by atoms with Crippen molar-refractivity contribution in [2.75, 3.05) is 39.3 Å². The van der Waals surface area contributed by atoms with Gasteiger partial charge in [-0.1, -0.05) is 0 Å². The third-order valence-corrected chi connectivity index (χ3v) is 2.73. The molecule has 1 aliphatic rings. The summed E-state index contributed by atoms with van der Waals surface area (Å²) < 4.78 is 36.3. The van der Waals surface area contributed by atoms with Gasteiger partial charge in [0.2, 0.25) is 0 Å². The van der Waals surface area contributed by atoms with Crippen LogP contribution in [0.2, 0.25) is 0 Å². The topological polar surface area (TPSA) is 26.7 Å². The largest absolute Gasteiger partial charge is 0.401 e. The molecule has 1 heterocycles. The molecule has 0 spiro atoms. The maximum absolute atomic E-state index is 12.1. The van der Waals surface area contributed by atoms with E-state index in [9.17, 15) is 13.2 Å². The summed E-state index contributed by atoms with van der Waals surface area (Å²) >= 11 is 0. The second-order valence-corrected chi connectivity index (χ2v) is 4.37.